The van der Waals surface area contributed by atoms with Crippen LogP contribution in [0.3, 0.4) is 0 Å². The third-order valence-electron chi connectivity index (χ3n) is 1.19. The fourth-order valence-electron chi connectivity index (χ4n) is 0.752. The topological polar surface area (TPSA) is 39.9 Å². The minimum Gasteiger partial charge on any atom is -0.350 e. The summed E-state index contributed by atoms with van der Waals surface area (Å²) in [5, 5.41) is 11.0. The first-order valence-corrected chi connectivity index (χ1v) is 2.67. The third-order valence-corrected chi connectivity index (χ3v) is 1.19. The van der Waals surface area contributed by atoms with Crippen molar-refractivity contribution in [2.45, 2.75) is 0 Å². The summed E-state index contributed by atoms with van der Waals surface area (Å²) in [6.07, 6.45) is 0. The molecule has 1 heterocycles. The van der Waals surface area contributed by atoms with Crippen LogP contribution in [0.5, 0.6) is 0 Å². The first-order chi connectivity index (χ1) is 4.47. The largest absolute Gasteiger partial charge is 1.00 e. The average molecular weight is 157 g/mol. The second-order valence-electron chi connectivity index (χ2n) is 1.78. The van der Waals surface area contributed by atoms with Gasteiger partial charge in [-0.3, -0.25) is 5.21 Å². The van der Waals surface area contributed by atoms with Crippen molar-refractivity contribution in [1.82, 2.24) is 15.4 Å². The molecule has 0 unspecified atom stereocenters. The fraction of sp³-hybridized carbons (Fsp3) is 0. The number of fused-ring (bicyclic) bond motifs is 1. The Kier molecular flexibility index (Phi) is 3.00. The Labute approximate surface area is 101 Å². The molecule has 0 N–H and O–H groups in total. The fourth-order valence-corrected chi connectivity index (χ4v) is 0.752. The van der Waals surface area contributed by atoms with Gasteiger partial charge in [0, 0.05) is 0 Å². The van der Waals surface area contributed by atoms with Gasteiger partial charge in [0.25, 0.3) is 0 Å². The standard InChI is InChI=1S/C6H4N3.K/c1-2-4-6-5(3-1)7-9-8-6;/h1-4H;/q-1;+1. The van der Waals surface area contributed by atoms with Crippen LogP contribution in [0.2, 0.25) is 0 Å². The van der Waals surface area contributed by atoms with Crippen molar-refractivity contribution < 1.29 is 51.4 Å². The molecule has 0 bridgehead atoms. The monoisotopic (exact) mass is 157 g/mol. The molecule has 4 heteroatoms. The minimum atomic E-state index is 0. The van der Waals surface area contributed by atoms with E-state index in [4.69, 9.17) is 0 Å². The number of nitrogens with zero attached hydrogens (tertiary/aromatic N) is 3. The van der Waals surface area contributed by atoms with Crippen molar-refractivity contribution in [3.63, 3.8) is 0 Å². The molecule has 1 aromatic carbocycles. The molecule has 0 amide bonds. The molecule has 0 saturated heterocycles. The van der Waals surface area contributed by atoms with Crippen LogP contribution in [0.15, 0.2) is 24.3 Å². The van der Waals surface area contributed by atoms with E-state index in [-0.39, 0.29) is 51.4 Å². The molecular formula is C6H4KN3. The van der Waals surface area contributed by atoms with Crippen LogP contribution in [-0.4, -0.2) is 10.3 Å². The molecule has 0 aliphatic carbocycles. The summed E-state index contributed by atoms with van der Waals surface area (Å²) in [6.45, 7) is 0. The van der Waals surface area contributed by atoms with Crippen molar-refractivity contribution in [2.24, 2.45) is 0 Å². The Hall–Kier alpha value is 0.256. The molecule has 10 heavy (non-hydrogen) atoms. The van der Waals surface area contributed by atoms with E-state index in [9.17, 15) is 0 Å². The molecule has 0 aliphatic heterocycles. The zero-order valence-electron chi connectivity index (χ0n) is 5.65. The summed E-state index contributed by atoms with van der Waals surface area (Å²) in [4.78, 5) is 0. The van der Waals surface area contributed by atoms with Crippen molar-refractivity contribution >= 4 is 11.0 Å². The van der Waals surface area contributed by atoms with Gasteiger partial charge >= 0.3 is 51.4 Å². The molecule has 2 aromatic rings. The molecule has 0 fully saturated rings. The van der Waals surface area contributed by atoms with Crippen LogP contribution in [0.1, 0.15) is 0 Å². The van der Waals surface area contributed by atoms with E-state index < -0.39 is 0 Å². The van der Waals surface area contributed by atoms with Crippen LogP contribution >= 0.6 is 0 Å². The van der Waals surface area contributed by atoms with Gasteiger partial charge in [0.05, 0.1) is 0 Å². The SMILES string of the molecule is [K+].c1ccc2[n-]nnc2c1. The first kappa shape index (κ1) is 8.35. The summed E-state index contributed by atoms with van der Waals surface area (Å²) in [6, 6.07) is 7.60. The molecular weight excluding hydrogens is 153 g/mol. The normalized spacial score (nSPS) is 9.20. The van der Waals surface area contributed by atoms with E-state index in [2.05, 4.69) is 15.4 Å². The molecule has 0 spiro atoms. The van der Waals surface area contributed by atoms with Gasteiger partial charge in [-0.2, -0.15) is 0 Å². The van der Waals surface area contributed by atoms with E-state index in [1.165, 1.54) is 0 Å². The number of hydrogen-bond donors (Lipinski definition) is 0. The van der Waals surface area contributed by atoms with Crippen LogP contribution in [0, 0.1) is 0 Å². The Morgan fingerprint density at radius 3 is 2.80 bits per heavy atom. The quantitative estimate of drug-likeness (QED) is 0.400. The summed E-state index contributed by atoms with van der Waals surface area (Å²) in [7, 11) is 0. The Morgan fingerprint density at radius 2 is 2.00 bits per heavy atom. The number of aromatic nitrogens is 3. The predicted octanol–water partition coefficient (Wildman–Crippen LogP) is -2.41. The number of rotatable bonds is 0. The molecule has 3 nitrogen and oxygen atoms in total. The van der Waals surface area contributed by atoms with E-state index in [0.717, 1.165) is 11.0 Å². The van der Waals surface area contributed by atoms with Crippen LogP contribution < -0.4 is 56.5 Å². The Bertz CT molecular complexity index is 287. The van der Waals surface area contributed by atoms with Crippen molar-refractivity contribution in [2.75, 3.05) is 0 Å². The average Bonchev–Trinajstić information content (AvgIpc) is 2.33. The maximum Gasteiger partial charge on any atom is 1.00 e. The molecule has 0 aliphatic rings. The Balaban J connectivity index is 0.000000500. The molecule has 0 atom stereocenters. The van der Waals surface area contributed by atoms with Crippen LogP contribution in [0.25, 0.3) is 11.0 Å². The number of benzene rings is 1. The van der Waals surface area contributed by atoms with Gasteiger partial charge in [-0.1, -0.05) is 24.3 Å². The van der Waals surface area contributed by atoms with Gasteiger partial charge in [-0.15, -0.1) is 0 Å². The van der Waals surface area contributed by atoms with E-state index >= 15 is 0 Å². The van der Waals surface area contributed by atoms with Gasteiger partial charge < -0.3 is 10.2 Å². The van der Waals surface area contributed by atoms with Crippen LogP contribution in [-0.2, 0) is 0 Å². The van der Waals surface area contributed by atoms with Crippen molar-refractivity contribution in [1.29, 1.82) is 0 Å². The zero-order valence-corrected chi connectivity index (χ0v) is 8.77. The second-order valence-corrected chi connectivity index (χ2v) is 1.78. The van der Waals surface area contributed by atoms with Gasteiger partial charge in [-0.05, 0) is 11.0 Å². The van der Waals surface area contributed by atoms with E-state index in [0.29, 0.717) is 0 Å². The van der Waals surface area contributed by atoms with Crippen molar-refractivity contribution in [3.8, 4) is 0 Å². The summed E-state index contributed by atoms with van der Waals surface area (Å²) in [5.41, 5.74) is 1.72. The molecule has 2 rings (SSSR count). The summed E-state index contributed by atoms with van der Waals surface area (Å²) < 4.78 is 0. The first-order valence-electron chi connectivity index (χ1n) is 2.67. The molecule has 0 radical (unpaired) electrons. The van der Waals surface area contributed by atoms with Gasteiger partial charge in [0.1, 0.15) is 0 Å². The van der Waals surface area contributed by atoms with Gasteiger partial charge in [0.15, 0.2) is 0 Å². The van der Waals surface area contributed by atoms with Gasteiger partial charge in [-0.25, -0.2) is 0 Å². The predicted molar refractivity (Wildman–Crippen MR) is 32.9 cm³/mol. The molecule has 0 saturated carbocycles. The Morgan fingerprint density at radius 1 is 1.20 bits per heavy atom. The third kappa shape index (κ3) is 1.46. The second kappa shape index (κ2) is 3.59. The summed E-state index contributed by atoms with van der Waals surface area (Å²) >= 11 is 0. The van der Waals surface area contributed by atoms with Crippen LogP contribution in [0.4, 0.5) is 0 Å². The van der Waals surface area contributed by atoms with E-state index in [1.54, 1.807) is 0 Å². The van der Waals surface area contributed by atoms with Gasteiger partial charge in [0.2, 0.25) is 0 Å². The maximum absolute atomic E-state index is 3.76. The smallest absolute Gasteiger partial charge is 0.350 e. The minimum absolute atomic E-state index is 0. The van der Waals surface area contributed by atoms with E-state index in [1.807, 2.05) is 24.3 Å². The summed E-state index contributed by atoms with van der Waals surface area (Å²) in [5.74, 6) is 0. The molecule has 1 aromatic heterocycles. The zero-order chi connectivity index (χ0) is 6.10. The molecule has 44 valence electrons. The maximum atomic E-state index is 3.76. The number of hydrogen-bond acceptors (Lipinski definition) is 2. The van der Waals surface area contributed by atoms with Crippen molar-refractivity contribution in [3.05, 3.63) is 24.3 Å².